The Balaban J connectivity index is 1.74. The lowest BCUT2D eigenvalue weighted by atomic mass is 9.60. The molecule has 3 rings (SSSR count). The zero-order chi connectivity index (χ0) is 27.8. The van der Waals surface area contributed by atoms with Crippen molar-refractivity contribution in [3.05, 3.63) is 35.5 Å². The topological polar surface area (TPSA) is 49.7 Å². The van der Waals surface area contributed by atoms with Gasteiger partial charge in [0.15, 0.2) is 8.32 Å². The molecule has 3 aliphatic rings. The number of fused-ring (bicyclic) bond motifs is 1. The Kier molecular flexibility index (Phi) is 9.53. The SMILES string of the molecule is C=C1CC[C@H](O[Si](C)(C)C(C)(C)C)C/C1=C/C=C1\C[C@H](O)C[C@]2(C)[C@@H]([C@H](C)CCCC(C)(C)O)CC[C@@H]12. The Hall–Kier alpha value is -0.683. The van der Waals surface area contributed by atoms with Gasteiger partial charge in [0.05, 0.1) is 11.7 Å². The third-order valence-electron chi connectivity index (χ3n) is 10.6. The predicted octanol–water partition coefficient (Wildman–Crippen LogP) is 8.73. The van der Waals surface area contributed by atoms with E-state index < -0.39 is 13.9 Å². The van der Waals surface area contributed by atoms with Gasteiger partial charge in [-0.05, 0) is 112 Å². The van der Waals surface area contributed by atoms with Crippen LogP contribution in [0, 0.1) is 23.2 Å². The molecule has 0 heterocycles. The molecular weight excluding hydrogens is 472 g/mol. The fourth-order valence-corrected chi connectivity index (χ4v) is 8.80. The molecule has 0 aromatic rings. The molecule has 6 atom stereocenters. The van der Waals surface area contributed by atoms with Crippen LogP contribution in [-0.4, -0.2) is 36.3 Å². The van der Waals surface area contributed by atoms with Crippen LogP contribution in [0.4, 0.5) is 0 Å². The van der Waals surface area contributed by atoms with E-state index in [2.05, 4.69) is 66.4 Å². The van der Waals surface area contributed by atoms with Gasteiger partial charge in [0.1, 0.15) is 0 Å². The number of aliphatic hydroxyl groups is 2. The van der Waals surface area contributed by atoms with E-state index in [1.165, 1.54) is 29.6 Å². The van der Waals surface area contributed by atoms with E-state index >= 15 is 0 Å². The smallest absolute Gasteiger partial charge is 0.192 e. The van der Waals surface area contributed by atoms with Crippen molar-refractivity contribution in [1.29, 1.82) is 0 Å². The van der Waals surface area contributed by atoms with Gasteiger partial charge in [-0.2, -0.15) is 0 Å². The number of allylic oxidation sites excluding steroid dienone is 3. The largest absolute Gasteiger partial charge is 0.414 e. The van der Waals surface area contributed by atoms with E-state index in [1.54, 1.807) is 0 Å². The zero-order valence-corrected chi connectivity index (χ0v) is 26.6. The fraction of sp³-hybridized carbons (Fsp3) is 0.818. The summed E-state index contributed by atoms with van der Waals surface area (Å²) in [6, 6.07) is 0. The van der Waals surface area contributed by atoms with Crippen molar-refractivity contribution in [2.24, 2.45) is 23.2 Å². The van der Waals surface area contributed by atoms with Crippen molar-refractivity contribution >= 4 is 8.32 Å². The van der Waals surface area contributed by atoms with Crippen LogP contribution in [-0.2, 0) is 4.43 Å². The Morgan fingerprint density at radius 1 is 1.11 bits per heavy atom. The summed E-state index contributed by atoms with van der Waals surface area (Å²) in [4.78, 5) is 0. The second kappa shape index (κ2) is 11.4. The first-order valence-corrected chi connectivity index (χ1v) is 18.0. The van der Waals surface area contributed by atoms with Crippen LogP contribution in [0.3, 0.4) is 0 Å². The van der Waals surface area contributed by atoms with Crippen LogP contribution < -0.4 is 0 Å². The number of rotatable bonds is 8. The van der Waals surface area contributed by atoms with E-state index in [0.717, 1.165) is 51.4 Å². The Labute approximate surface area is 230 Å². The summed E-state index contributed by atoms with van der Waals surface area (Å²) in [5, 5.41) is 21.3. The maximum absolute atomic E-state index is 11.0. The van der Waals surface area contributed by atoms with Crippen LogP contribution >= 0.6 is 0 Å². The van der Waals surface area contributed by atoms with Crippen molar-refractivity contribution in [3.8, 4) is 0 Å². The van der Waals surface area contributed by atoms with Crippen molar-refractivity contribution < 1.29 is 14.6 Å². The number of aliphatic hydroxyl groups excluding tert-OH is 1. The van der Waals surface area contributed by atoms with Gasteiger partial charge in [0.25, 0.3) is 0 Å². The molecule has 0 saturated heterocycles. The second-order valence-corrected chi connectivity index (χ2v) is 20.0. The first kappa shape index (κ1) is 30.9. The third kappa shape index (κ3) is 7.50. The van der Waals surface area contributed by atoms with Crippen LogP contribution in [0.15, 0.2) is 35.5 Å². The van der Waals surface area contributed by atoms with Crippen LogP contribution in [0.5, 0.6) is 0 Å². The van der Waals surface area contributed by atoms with E-state index in [9.17, 15) is 10.2 Å². The summed E-state index contributed by atoms with van der Waals surface area (Å²) < 4.78 is 6.79. The molecule has 3 nitrogen and oxygen atoms in total. The Bertz CT molecular complexity index is 871. The van der Waals surface area contributed by atoms with Gasteiger partial charge in [-0.3, -0.25) is 0 Å². The molecule has 212 valence electrons. The van der Waals surface area contributed by atoms with Crippen molar-refractivity contribution in [2.75, 3.05) is 0 Å². The quantitative estimate of drug-likeness (QED) is 0.308. The first-order valence-electron chi connectivity index (χ1n) is 15.1. The normalized spacial score (nSPS) is 34.7. The van der Waals surface area contributed by atoms with Gasteiger partial charge < -0.3 is 14.6 Å². The average Bonchev–Trinajstić information content (AvgIpc) is 3.08. The van der Waals surface area contributed by atoms with Crippen LogP contribution in [0.1, 0.15) is 113 Å². The molecule has 0 bridgehead atoms. The third-order valence-corrected chi connectivity index (χ3v) is 15.1. The highest BCUT2D eigenvalue weighted by atomic mass is 28.4. The predicted molar refractivity (Wildman–Crippen MR) is 160 cm³/mol. The zero-order valence-electron chi connectivity index (χ0n) is 25.6. The first-order chi connectivity index (χ1) is 16.9. The standard InChI is InChI=1S/C33H58O3Si/c1-23-13-16-28(36-37(9,10)31(3,4)5)21-25(23)14-15-26-20-27(34)22-33(8)29(17-18-30(26)33)24(2)12-11-19-32(6,7)35/h14-15,24,27-30,34-35H,1,11-13,16-22H2,2-10H3/b25-14-,26-15+/t24-,27+,28+,29-,30+,33-/m1/s1. The van der Waals surface area contributed by atoms with Crippen molar-refractivity contribution in [1.82, 2.24) is 0 Å². The maximum Gasteiger partial charge on any atom is 0.192 e. The summed E-state index contributed by atoms with van der Waals surface area (Å²) in [6.07, 6.45) is 15.1. The van der Waals surface area contributed by atoms with Crippen molar-refractivity contribution in [2.45, 2.75) is 149 Å². The number of hydrogen-bond donors (Lipinski definition) is 2. The Morgan fingerprint density at radius 3 is 2.41 bits per heavy atom. The van der Waals surface area contributed by atoms with E-state index in [0.29, 0.717) is 23.9 Å². The number of hydrogen-bond acceptors (Lipinski definition) is 3. The van der Waals surface area contributed by atoms with Crippen molar-refractivity contribution in [3.63, 3.8) is 0 Å². The molecule has 0 aromatic heterocycles. The molecular formula is C33H58O3Si. The molecule has 3 aliphatic carbocycles. The monoisotopic (exact) mass is 530 g/mol. The lowest BCUT2D eigenvalue weighted by Gasteiger charge is -2.46. The van der Waals surface area contributed by atoms with E-state index in [-0.39, 0.29) is 16.6 Å². The second-order valence-electron chi connectivity index (χ2n) is 15.3. The van der Waals surface area contributed by atoms with Crippen LogP contribution in [0.2, 0.25) is 18.1 Å². The minimum atomic E-state index is -1.79. The molecule has 2 N–H and O–H groups in total. The Morgan fingerprint density at radius 2 is 1.78 bits per heavy atom. The van der Waals surface area contributed by atoms with Gasteiger partial charge in [0, 0.05) is 6.10 Å². The molecule has 37 heavy (non-hydrogen) atoms. The summed E-state index contributed by atoms with van der Waals surface area (Å²) in [7, 11) is -1.79. The molecule has 0 spiro atoms. The minimum Gasteiger partial charge on any atom is -0.414 e. The fourth-order valence-electron chi connectivity index (χ4n) is 7.41. The highest BCUT2D eigenvalue weighted by Gasteiger charge is 2.52. The molecule has 0 aromatic carbocycles. The summed E-state index contributed by atoms with van der Waals surface area (Å²) in [5.74, 6) is 1.82. The molecule has 0 unspecified atom stereocenters. The highest BCUT2D eigenvalue weighted by molar-refractivity contribution is 6.74. The van der Waals surface area contributed by atoms with Gasteiger partial charge in [0.2, 0.25) is 0 Å². The molecule has 0 radical (unpaired) electrons. The molecule has 0 amide bonds. The molecule has 0 aliphatic heterocycles. The molecule has 3 fully saturated rings. The molecule has 3 saturated carbocycles. The lowest BCUT2D eigenvalue weighted by Crippen LogP contribution is -2.44. The van der Waals surface area contributed by atoms with E-state index in [4.69, 9.17) is 4.43 Å². The van der Waals surface area contributed by atoms with Crippen LogP contribution in [0.25, 0.3) is 0 Å². The van der Waals surface area contributed by atoms with Gasteiger partial charge in [-0.15, -0.1) is 0 Å². The van der Waals surface area contributed by atoms with E-state index in [1.807, 2.05) is 13.8 Å². The highest BCUT2D eigenvalue weighted by Crippen LogP contribution is 2.60. The summed E-state index contributed by atoms with van der Waals surface area (Å²) in [5.41, 5.74) is 3.63. The lowest BCUT2D eigenvalue weighted by molar-refractivity contribution is 0.0147. The molecule has 4 heteroatoms. The summed E-state index contributed by atoms with van der Waals surface area (Å²) >= 11 is 0. The average molecular weight is 531 g/mol. The van der Waals surface area contributed by atoms with Gasteiger partial charge >= 0.3 is 0 Å². The van der Waals surface area contributed by atoms with Gasteiger partial charge in [-0.1, -0.05) is 77.3 Å². The summed E-state index contributed by atoms with van der Waals surface area (Å²) in [6.45, 7) is 24.7. The minimum absolute atomic E-state index is 0.160. The van der Waals surface area contributed by atoms with Gasteiger partial charge in [-0.25, -0.2) is 0 Å². The maximum atomic E-state index is 11.0.